The summed E-state index contributed by atoms with van der Waals surface area (Å²) in [6, 6.07) is 7.75. The Morgan fingerprint density at radius 2 is 1.76 bits per heavy atom. The first-order chi connectivity index (χ1) is 13.7. The van der Waals surface area contributed by atoms with Crippen LogP contribution < -0.4 is 9.47 Å². The summed E-state index contributed by atoms with van der Waals surface area (Å²) in [5.41, 5.74) is 0.313. The van der Waals surface area contributed by atoms with Gasteiger partial charge in [-0.15, -0.1) is 0 Å². The highest BCUT2D eigenvalue weighted by molar-refractivity contribution is 5.71. The maximum Gasteiger partial charge on any atom is 0.146 e. The highest BCUT2D eigenvalue weighted by Crippen LogP contribution is 2.54. The molecule has 7 nitrogen and oxygen atoms in total. The van der Waals surface area contributed by atoms with Crippen LogP contribution in [0.5, 0.6) is 23.0 Å². The molecule has 0 aliphatic carbocycles. The monoisotopic (exact) mass is 400 g/mol. The van der Waals surface area contributed by atoms with Gasteiger partial charge in [0.2, 0.25) is 0 Å². The molecule has 2 heterocycles. The molecule has 3 unspecified atom stereocenters. The van der Waals surface area contributed by atoms with Crippen LogP contribution in [0.15, 0.2) is 36.4 Å². The van der Waals surface area contributed by atoms with E-state index < -0.39 is 23.9 Å². The predicted octanol–water partition coefficient (Wildman–Crippen LogP) is 3.17. The first kappa shape index (κ1) is 19.6. The van der Waals surface area contributed by atoms with Gasteiger partial charge in [0.1, 0.15) is 52.7 Å². The highest BCUT2D eigenvalue weighted by atomic mass is 16.5. The summed E-state index contributed by atoms with van der Waals surface area (Å²) in [5.74, 6) is 0.818. The van der Waals surface area contributed by atoms with Crippen molar-refractivity contribution in [2.24, 2.45) is 0 Å². The first-order valence-electron chi connectivity index (χ1n) is 9.48. The number of aliphatic hydroxyl groups is 2. The van der Waals surface area contributed by atoms with Crippen LogP contribution in [0, 0.1) is 0 Å². The zero-order valence-electron chi connectivity index (χ0n) is 16.4. The van der Waals surface area contributed by atoms with Crippen molar-refractivity contribution >= 4 is 5.76 Å². The molecule has 3 atom stereocenters. The summed E-state index contributed by atoms with van der Waals surface area (Å²) in [6.45, 7) is 5.64. The summed E-state index contributed by atoms with van der Waals surface area (Å²) in [6.07, 6.45) is -1.42. The van der Waals surface area contributed by atoms with E-state index in [4.69, 9.17) is 14.2 Å². The van der Waals surface area contributed by atoms with E-state index in [-0.39, 0.29) is 22.8 Å². The first-order valence-corrected chi connectivity index (χ1v) is 9.48. The number of phenolic OH excluding ortho intramolecular Hbond substituents is 2. The van der Waals surface area contributed by atoms with Crippen LogP contribution in [-0.4, -0.2) is 38.7 Å². The molecule has 0 spiro atoms. The molecular weight excluding hydrogens is 376 g/mol. The molecule has 2 aliphatic heterocycles. The number of hydrogen-bond acceptors (Lipinski definition) is 7. The van der Waals surface area contributed by atoms with Gasteiger partial charge in [0.05, 0.1) is 11.1 Å². The highest BCUT2D eigenvalue weighted by Gasteiger charge is 2.47. The molecule has 0 bridgehead atoms. The van der Waals surface area contributed by atoms with Crippen molar-refractivity contribution in [2.75, 3.05) is 6.61 Å². The number of rotatable bonds is 3. The second kappa shape index (κ2) is 6.95. The number of hydrogen-bond donors (Lipinski definition) is 4. The zero-order valence-corrected chi connectivity index (χ0v) is 16.4. The number of aliphatic hydroxyl groups excluding tert-OH is 2. The minimum atomic E-state index is -1.14. The maximum absolute atomic E-state index is 10.9. The second-order valence-electron chi connectivity index (χ2n) is 7.70. The van der Waals surface area contributed by atoms with Crippen molar-refractivity contribution < 1.29 is 34.6 Å². The Balaban J connectivity index is 1.87. The van der Waals surface area contributed by atoms with Crippen molar-refractivity contribution in [3.8, 4) is 23.0 Å². The quantitative estimate of drug-likeness (QED) is 0.627. The minimum Gasteiger partial charge on any atom is -0.508 e. The van der Waals surface area contributed by atoms with Crippen LogP contribution in [0.2, 0.25) is 0 Å². The van der Waals surface area contributed by atoms with E-state index in [2.05, 4.69) is 0 Å². The molecule has 0 aromatic heterocycles. The van der Waals surface area contributed by atoms with E-state index in [1.165, 1.54) is 24.3 Å². The van der Waals surface area contributed by atoms with E-state index in [0.29, 0.717) is 29.2 Å². The van der Waals surface area contributed by atoms with Gasteiger partial charge < -0.3 is 34.6 Å². The molecule has 2 aromatic rings. The lowest BCUT2D eigenvalue weighted by atomic mass is 9.85. The Bertz CT molecular complexity index is 962. The van der Waals surface area contributed by atoms with Gasteiger partial charge in [0.25, 0.3) is 0 Å². The average molecular weight is 400 g/mol. The Kier molecular flexibility index (Phi) is 4.69. The van der Waals surface area contributed by atoms with Crippen LogP contribution >= 0.6 is 0 Å². The standard InChI is InChI=1S/C22H24O7/c1-4-27-20-18-16(29-22(2,3)21(20)26)10-14(25)17-13(24)9-15(28-19(17)18)11-5-7-12(23)8-6-11/h5-10,13,20-21,23-26H,4H2,1-3H3. The second-order valence-corrected chi connectivity index (χ2v) is 7.70. The van der Waals surface area contributed by atoms with Gasteiger partial charge in [-0.2, -0.15) is 0 Å². The van der Waals surface area contributed by atoms with Crippen LogP contribution in [0.3, 0.4) is 0 Å². The Hall–Kier alpha value is -2.74. The van der Waals surface area contributed by atoms with Crippen LogP contribution in [0.25, 0.3) is 5.76 Å². The van der Waals surface area contributed by atoms with Crippen molar-refractivity contribution in [1.29, 1.82) is 0 Å². The minimum absolute atomic E-state index is 0.108. The van der Waals surface area contributed by atoms with Gasteiger partial charge in [0, 0.05) is 18.2 Å². The summed E-state index contributed by atoms with van der Waals surface area (Å²) in [5, 5.41) is 41.6. The maximum atomic E-state index is 10.9. The van der Waals surface area contributed by atoms with E-state index in [9.17, 15) is 20.4 Å². The van der Waals surface area contributed by atoms with Crippen molar-refractivity contribution in [3.63, 3.8) is 0 Å². The summed E-state index contributed by atoms with van der Waals surface area (Å²) >= 11 is 0. The topological polar surface area (TPSA) is 109 Å². The number of ether oxygens (including phenoxy) is 3. The van der Waals surface area contributed by atoms with Gasteiger partial charge in [-0.3, -0.25) is 0 Å². The van der Waals surface area contributed by atoms with Crippen LogP contribution in [0.4, 0.5) is 0 Å². The van der Waals surface area contributed by atoms with Gasteiger partial charge in [-0.05, 0) is 51.1 Å². The molecule has 154 valence electrons. The van der Waals surface area contributed by atoms with Crippen LogP contribution in [0.1, 0.15) is 49.7 Å². The van der Waals surface area contributed by atoms with E-state index in [0.717, 1.165) is 0 Å². The predicted molar refractivity (Wildman–Crippen MR) is 105 cm³/mol. The largest absolute Gasteiger partial charge is 0.508 e. The number of benzene rings is 2. The summed E-state index contributed by atoms with van der Waals surface area (Å²) < 4.78 is 17.9. The summed E-state index contributed by atoms with van der Waals surface area (Å²) in [4.78, 5) is 0. The van der Waals surface area contributed by atoms with Gasteiger partial charge in [0.15, 0.2) is 0 Å². The molecule has 0 saturated carbocycles. The lowest BCUT2D eigenvalue weighted by molar-refractivity contribution is -0.133. The number of aromatic hydroxyl groups is 2. The molecular formula is C22H24O7. The molecule has 7 heteroatoms. The molecule has 0 radical (unpaired) electrons. The molecule has 2 aromatic carbocycles. The lowest BCUT2D eigenvalue weighted by Crippen LogP contribution is -2.49. The fraction of sp³-hybridized carbons (Fsp3) is 0.364. The molecule has 0 amide bonds. The van der Waals surface area contributed by atoms with E-state index >= 15 is 0 Å². The van der Waals surface area contributed by atoms with Gasteiger partial charge in [-0.25, -0.2) is 0 Å². The Morgan fingerprint density at radius 1 is 1.07 bits per heavy atom. The molecule has 0 saturated heterocycles. The SMILES string of the molecule is CCOC1c2c(cc(O)c3c2OC(c2ccc(O)cc2)=CC3O)OC(C)(C)C1O. The molecule has 2 aliphatic rings. The Labute approximate surface area is 168 Å². The van der Waals surface area contributed by atoms with Gasteiger partial charge in [-0.1, -0.05) is 0 Å². The normalized spacial score (nSPS) is 24.6. The fourth-order valence-electron chi connectivity index (χ4n) is 3.77. The van der Waals surface area contributed by atoms with Crippen molar-refractivity contribution in [1.82, 2.24) is 0 Å². The third-order valence-electron chi connectivity index (χ3n) is 5.27. The number of phenols is 2. The smallest absolute Gasteiger partial charge is 0.146 e. The Morgan fingerprint density at radius 3 is 2.41 bits per heavy atom. The van der Waals surface area contributed by atoms with Crippen molar-refractivity contribution in [2.45, 2.75) is 44.7 Å². The zero-order chi connectivity index (χ0) is 20.9. The molecule has 29 heavy (non-hydrogen) atoms. The molecule has 0 fully saturated rings. The van der Waals surface area contributed by atoms with Crippen LogP contribution in [-0.2, 0) is 4.74 Å². The third kappa shape index (κ3) is 3.21. The van der Waals surface area contributed by atoms with Gasteiger partial charge >= 0.3 is 0 Å². The van der Waals surface area contributed by atoms with Crippen molar-refractivity contribution in [3.05, 3.63) is 53.1 Å². The van der Waals surface area contributed by atoms with E-state index in [1.807, 2.05) is 6.92 Å². The fourth-order valence-corrected chi connectivity index (χ4v) is 3.77. The third-order valence-corrected chi connectivity index (χ3v) is 5.27. The number of fused-ring (bicyclic) bond motifs is 3. The van der Waals surface area contributed by atoms with E-state index in [1.54, 1.807) is 26.0 Å². The summed E-state index contributed by atoms with van der Waals surface area (Å²) in [7, 11) is 0. The molecule has 4 rings (SSSR count). The average Bonchev–Trinajstić information content (AvgIpc) is 2.65. The molecule has 4 N–H and O–H groups in total. The lowest BCUT2D eigenvalue weighted by Gasteiger charge is -2.43.